The predicted molar refractivity (Wildman–Crippen MR) is 190 cm³/mol. The van der Waals surface area contributed by atoms with E-state index < -0.39 is 0 Å². The van der Waals surface area contributed by atoms with Crippen LogP contribution in [0.25, 0.3) is 88.0 Å². The maximum Gasteiger partial charge on any atom is 0.136 e. The van der Waals surface area contributed by atoms with Crippen LogP contribution in [0.15, 0.2) is 174 Å². The monoisotopic (exact) mass is 577 g/mol. The Kier molecular flexibility index (Phi) is 4.81. The molecule has 9 aromatic rings. The number of rotatable bonds is 4. The van der Waals surface area contributed by atoms with Crippen LogP contribution in [0.3, 0.4) is 0 Å². The molecule has 0 unspecified atom stereocenters. The summed E-state index contributed by atoms with van der Waals surface area (Å²) in [5, 5.41) is 5.69. The number of hydrogen-bond acceptors (Lipinski definition) is 1. The molecule has 0 fully saturated rings. The average molecular weight is 578 g/mol. The Morgan fingerprint density at radius 2 is 0.911 bits per heavy atom. The summed E-state index contributed by atoms with van der Waals surface area (Å²) in [6.07, 6.45) is 0. The molecule has 0 N–H and O–H groups in total. The van der Waals surface area contributed by atoms with Crippen LogP contribution < -0.4 is 0 Å². The first-order valence-corrected chi connectivity index (χ1v) is 15.0. The van der Waals surface area contributed by atoms with Crippen molar-refractivity contribution in [1.29, 1.82) is 0 Å². The van der Waals surface area contributed by atoms with E-state index in [9.17, 15) is 1.37 Å². The van der Waals surface area contributed by atoms with Gasteiger partial charge in [-0.3, -0.25) is 0 Å². The zero-order valence-electron chi connectivity index (χ0n) is 29.2. The minimum Gasteiger partial charge on any atom is -0.456 e. The quantitative estimate of drug-likeness (QED) is 0.190. The highest BCUT2D eigenvalue weighted by Crippen LogP contribution is 2.49. The molecule has 0 atom stereocenters. The van der Waals surface area contributed by atoms with Gasteiger partial charge in [-0.2, -0.15) is 0 Å². The first kappa shape index (κ1) is 20.9. The lowest BCUT2D eigenvalue weighted by Gasteiger charge is -2.20. The fourth-order valence-corrected chi connectivity index (χ4v) is 6.81. The summed E-state index contributed by atoms with van der Waals surface area (Å²) in [5.74, 6) is 0. The summed E-state index contributed by atoms with van der Waals surface area (Å²) >= 11 is 0. The van der Waals surface area contributed by atoms with Crippen LogP contribution >= 0.6 is 0 Å². The van der Waals surface area contributed by atoms with E-state index in [4.69, 9.17) is 9.90 Å². The first-order valence-electron chi connectivity index (χ1n) is 17.5. The van der Waals surface area contributed by atoms with Crippen LogP contribution in [0.5, 0.6) is 0 Å². The highest BCUT2D eigenvalue weighted by atomic mass is 16.3. The molecule has 45 heavy (non-hydrogen) atoms. The SMILES string of the molecule is [2H]c1ccc(-c2c([2H])c([2H])c([2H])c([2H])c2-c2c3ccccc3c(-c3cc(-c4ccccc4)cc4oc5ccccc5c34)c3ccccc23)cc1. The van der Waals surface area contributed by atoms with Gasteiger partial charge in [0.15, 0.2) is 0 Å². The van der Waals surface area contributed by atoms with Gasteiger partial charge in [-0.05, 0) is 84.3 Å². The normalized spacial score (nSPS) is 13.1. The molecule has 0 bridgehead atoms. The van der Waals surface area contributed by atoms with Gasteiger partial charge in [0.1, 0.15) is 11.2 Å². The van der Waals surface area contributed by atoms with Crippen LogP contribution in [-0.2, 0) is 0 Å². The lowest BCUT2D eigenvalue weighted by molar-refractivity contribution is 0.669. The third kappa shape index (κ3) is 4.09. The van der Waals surface area contributed by atoms with Gasteiger partial charge >= 0.3 is 0 Å². The highest BCUT2D eigenvalue weighted by Gasteiger charge is 2.22. The molecule has 8 aromatic carbocycles. The summed E-state index contributed by atoms with van der Waals surface area (Å²) in [4.78, 5) is 0. The molecule has 1 aromatic heterocycles. The fraction of sp³-hybridized carbons (Fsp3) is 0. The zero-order chi connectivity index (χ0) is 34.1. The van der Waals surface area contributed by atoms with E-state index in [1.165, 1.54) is 0 Å². The van der Waals surface area contributed by atoms with Crippen molar-refractivity contribution in [3.05, 3.63) is 170 Å². The Hall–Kier alpha value is -5.92. The summed E-state index contributed by atoms with van der Waals surface area (Å²) < 4.78 is 50.4. The molecular formula is C44H28O. The van der Waals surface area contributed by atoms with E-state index in [0.717, 1.165) is 71.3 Å². The molecular weight excluding hydrogens is 544 g/mol. The molecule has 0 saturated carbocycles. The molecule has 210 valence electrons. The van der Waals surface area contributed by atoms with Crippen LogP contribution in [0.4, 0.5) is 0 Å². The van der Waals surface area contributed by atoms with E-state index in [-0.39, 0.29) is 24.2 Å². The molecule has 0 radical (unpaired) electrons. The topological polar surface area (TPSA) is 13.1 Å². The minimum atomic E-state index is -0.291. The maximum atomic E-state index is 9.33. The molecule has 0 spiro atoms. The number of fused-ring (bicyclic) bond motifs is 5. The highest BCUT2D eigenvalue weighted by molar-refractivity contribution is 6.26. The van der Waals surface area contributed by atoms with Crippen molar-refractivity contribution in [2.45, 2.75) is 0 Å². The Morgan fingerprint density at radius 1 is 0.378 bits per heavy atom. The number of benzene rings is 8. The smallest absolute Gasteiger partial charge is 0.136 e. The number of furan rings is 1. The Balaban J connectivity index is 1.47. The van der Waals surface area contributed by atoms with Crippen molar-refractivity contribution < 1.29 is 11.3 Å². The summed E-state index contributed by atoms with van der Waals surface area (Å²) in [6, 6.07) is 45.4. The number of para-hydroxylation sites is 1. The van der Waals surface area contributed by atoms with Gasteiger partial charge in [0, 0.05) is 10.8 Å². The van der Waals surface area contributed by atoms with Crippen molar-refractivity contribution in [2.75, 3.05) is 0 Å². The molecule has 0 aliphatic carbocycles. The molecule has 0 aliphatic rings. The molecule has 0 saturated heterocycles. The van der Waals surface area contributed by atoms with Gasteiger partial charge in [0.2, 0.25) is 0 Å². The lowest BCUT2D eigenvalue weighted by atomic mass is 9.82. The third-order valence-corrected chi connectivity index (χ3v) is 8.73. The second-order valence-corrected chi connectivity index (χ2v) is 11.2. The van der Waals surface area contributed by atoms with E-state index >= 15 is 0 Å². The Labute approximate surface area is 268 Å². The molecule has 0 amide bonds. The summed E-state index contributed by atoms with van der Waals surface area (Å²) in [6.45, 7) is 0. The predicted octanol–water partition coefficient (Wildman–Crippen LogP) is 12.6. The van der Waals surface area contributed by atoms with Crippen molar-refractivity contribution >= 4 is 43.5 Å². The van der Waals surface area contributed by atoms with E-state index in [0.29, 0.717) is 22.7 Å². The Morgan fingerprint density at radius 3 is 1.58 bits per heavy atom. The third-order valence-electron chi connectivity index (χ3n) is 8.73. The van der Waals surface area contributed by atoms with Crippen LogP contribution in [-0.4, -0.2) is 0 Å². The van der Waals surface area contributed by atoms with Gasteiger partial charge in [0.25, 0.3) is 0 Å². The van der Waals surface area contributed by atoms with E-state index in [2.05, 4.69) is 42.5 Å². The largest absolute Gasteiger partial charge is 0.456 e. The van der Waals surface area contributed by atoms with Gasteiger partial charge in [-0.1, -0.05) is 152 Å². The van der Waals surface area contributed by atoms with E-state index in [1.54, 1.807) is 24.3 Å². The van der Waals surface area contributed by atoms with Gasteiger partial charge < -0.3 is 4.42 Å². The molecule has 1 nitrogen and oxygen atoms in total. The summed E-state index contributed by atoms with van der Waals surface area (Å²) in [5.41, 5.74) is 7.96. The standard InChI is InChI=1S/C44H28O/c1-3-15-29(16-4-1)31-27-39(44-38-25-13-14-26-40(38)45-41(44)28-31)43-36-23-11-9-21-34(36)42(35-22-10-12-24-37(35)43)33-20-8-7-19-32(33)30-17-5-2-6-18-30/h1-28H/i2D,7D,8D,19D,20D. The molecule has 1 heterocycles. The van der Waals surface area contributed by atoms with Gasteiger partial charge in [0.05, 0.1) is 6.85 Å². The van der Waals surface area contributed by atoms with Crippen molar-refractivity contribution in [3.63, 3.8) is 0 Å². The van der Waals surface area contributed by atoms with Crippen LogP contribution in [0.1, 0.15) is 6.85 Å². The van der Waals surface area contributed by atoms with Crippen LogP contribution in [0, 0.1) is 0 Å². The zero-order valence-corrected chi connectivity index (χ0v) is 24.2. The second kappa shape index (κ2) is 10.4. The Bertz CT molecular complexity index is 2740. The minimum absolute atomic E-state index is 0.103. The molecule has 1 heteroatoms. The lowest BCUT2D eigenvalue weighted by Crippen LogP contribution is -1.93. The number of hydrogen-bond donors (Lipinski definition) is 0. The van der Waals surface area contributed by atoms with Gasteiger partial charge in [-0.25, -0.2) is 0 Å². The van der Waals surface area contributed by atoms with Crippen molar-refractivity contribution in [1.82, 2.24) is 0 Å². The second-order valence-electron chi connectivity index (χ2n) is 11.2. The van der Waals surface area contributed by atoms with Crippen LogP contribution in [0.2, 0.25) is 0 Å². The fourth-order valence-electron chi connectivity index (χ4n) is 6.81. The van der Waals surface area contributed by atoms with Crippen molar-refractivity contribution in [2.24, 2.45) is 0 Å². The molecule has 0 aliphatic heterocycles. The van der Waals surface area contributed by atoms with Gasteiger partial charge in [-0.15, -0.1) is 0 Å². The average Bonchev–Trinajstić information content (AvgIpc) is 3.54. The summed E-state index contributed by atoms with van der Waals surface area (Å²) in [7, 11) is 0. The first-order chi connectivity index (χ1) is 24.4. The van der Waals surface area contributed by atoms with E-state index in [1.807, 2.05) is 72.8 Å². The van der Waals surface area contributed by atoms with Crippen molar-refractivity contribution in [3.8, 4) is 44.5 Å². The molecule has 9 rings (SSSR count). The maximum absolute atomic E-state index is 9.33.